The molecule has 0 saturated carbocycles. The molecule has 108 valence electrons. The van der Waals surface area contributed by atoms with E-state index in [2.05, 4.69) is 37.9 Å². The lowest BCUT2D eigenvalue weighted by molar-refractivity contribution is 0.175. The Bertz CT molecular complexity index is 380. The van der Waals surface area contributed by atoms with Crippen LogP contribution in [-0.2, 0) is 6.54 Å². The van der Waals surface area contributed by atoms with Crippen molar-refractivity contribution in [1.82, 2.24) is 10.2 Å². The lowest BCUT2D eigenvalue weighted by atomic mass is 10.1. The molecule has 19 heavy (non-hydrogen) atoms. The molecule has 0 aromatic heterocycles. The van der Waals surface area contributed by atoms with Crippen molar-refractivity contribution >= 4 is 0 Å². The van der Waals surface area contributed by atoms with E-state index in [-0.39, 0.29) is 0 Å². The molecule has 0 saturated heterocycles. The summed E-state index contributed by atoms with van der Waals surface area (Å²) in [6.07, 6.45) is 0. The van der Waals surface area contributed by atoms with Crippen molar-refractivity contribution in [3.63, 3.8) is 0 Å². The molecular formula is C16H28N2O. The van der Waals surface area contributed by atoms with Crippen LogP contribution >= 0.6 is 0 Å². The zero-order valence-corrected chi connectivity index (χ0v) is 12.9. The van der Waals surface area contributed by atoms with Gasteiger partial charge in [-0.15, -0.1) is 0 Å². The maximum Gasteiger partial charge on any atom is 0.120 e. The highest BCUT2D eigenvalue weighted by Gasteiger charge is 2.12. The van der Waals surface area contributed by atoms with E-state index in [1.165, 1.54) is 5.56 Å². The largest absolute Gasteiger partial charge is 0.508 e. The number of hydrogen-bond acceptors (Lipinski definition) is 3. The van der Waals surface area contributed by atoms with Gasteiger partial charge in [0.1, 0.15) is 5.75 Å². The normalized spacial score (nSPS) is 11.8. The van der Waals surface area contributed by atoms with Gasteiger partial charge in [0.2, 0.25) is 0 Å². The molecule has 0 spiro atoms. The van der Waals surface area contributed by atoms with E-state index in [9.17, 15) is 5.11 Å². The van der Waals surface area contributed by atoms with Gasteiger partial charge in [0.25, 0.3) is 0 Å². The number of nitrogens with one attached hydrogen (secondary N) is 1. The number of hydrogen-bond donors (Lipinski definition) is 2. The monoisotopic (exact) mass is 264 g/mol. The standard InChI is InChI=1S/C16H28N2O/c1-12(2)18(13(3)4)9-8-17-11-15-10-14(5)6-7-16(15)19/h6-7,10,12-13,17,19H,8-9,11H2,1-5H3. The van der Waals surface area contributed by atoms with Crippen LogP contribution in [0.15, 0.2) is 18.2 Å². The molecule has 0 aliphatic rings. The van der Waals surface area contributed by atoms with Crippen LogP contribution in [0.3, 0.4) is 0 Å². The Kier molecular flexibility index (Phi) is 6.32. The van der Waals surface area contributed by atoms with Crippen molar-refractivity contribution in [2.75, 3.05) is 13.1 Å². The third-order valence-corrected chi connectivity index (χ3v) is 3.42. The minimum Gasteiger partial charge on any atom is -0.508 e. The number of nitrogens with zero attached hydrogens (tertiary/aromatic N) is 1. The average Bonchev–Trinajstić information content (AvgIpc) is 2.32. The van der Waals surface area contributed by atoms with Crippen LogP contribution in [0, 0.1) is 6.92 Å². The molecule has 0 aliphatic heterocycles. The maximum absolute atomic E-state index is 9.77. The minimum atomic E-state index is 0.377. The van der Waals surface area contributed by atoms with E-state index in [1.807, 2.05) is 19.1 Å². The fourth-order valence-electron chi connectivity index (χ4n) is 2.40. The van der Waals surface area contributed by atoms with Gasteiger partial charge in [0, 0.05) is 37.3 Å². The van der Waals surface area contributed by atoms with Crippen LogP contribution in [0.25, 0.3) is 0 Å². The fraction of sp³-hybridized carbons (Fsp3) is 0.625. The van der Waals surface area contributed by atoms with Crippen molar-refractivity contribution in [3.8, 4) is 5.75 Å². The molecule has 0 bridgehead atoms. The second kappa shape index (κ2) is 7.51. The molecule has 0 heterocycles. The summed E-state index contributed by atoms with van der Waals surface area (Å²) in [5.41, 5.74) is 2.15. The lowest BCUT2D eigenvalue weighted by Gasteiger charge is -2.30. The molecule has 0 atom stereocenters. The van der Waals surface area contributed by atoms with E-state index in [0.717, 1.165) is 25.2 Å². The quantitative estimate of drug-likeness (QED) is 0.743. The SMILES string of the molecule is Cc1ccc(O)c(CNCCN(C(C)C)C(C)C)c1. The predicted molar refractivity (Wildman–Crippen MR) is 81.5 cm³/mol. The van der Waals surface area contributed by atoms with Crippen molar-refractivity contribution < 1.29 is 5.11 Å². The first-order valence-electron chi connectivity index (χ1n) is 7.16. The van der Waals surface area contributed by atoms with E-state index in [1.54, 1.807) is 6.07 Å². The first-order chi connectivity index (χ1) is 8.91. The van der Waals surface area contributed by atoms with Crippen LogP contribution in [0.5, 0.6) is 5.75 Å². The van der Waals surface area contributed by atoms with Crippen LogP contribution in [0.4, 0.5) is 0 Å². The van der Waals surface area contributed by atoms with Crippen molar-refractivity contribution in [2.45, 2.75) is 53.2 Å². The topological polar surface area (TPSA) is 35.5 Å². The summed E-state index contributed by atoms with van der Waals surface area (Å²) in [5, 5.41) is 13.2. The molecule has 0 fully saturated rings. The van der Waals surface area contributed by atoms with Crippen molar-refractivity contribution in [1.29, 1.82) is 0 Å². The summed E-state index contributed by atoms with van der Waals surface area (Å²) in [4.78, 5) is 2.46. The molecule has 0 radical (unpaired) electrons. The van der Waals surface area contributed by atoms with Gasteiger partial charge in [-0.2, -0.15) is 0 Å². The van der Waals surface area contributed by atoms with Crippen molar-refractivity contribution in [3.05, 3.63) is 29.3 Å². The zero-order chi connectivity index (χ0) is 14.4. The second-order valence-corrected chi connectivity index (χ2v) is 5.73. The summed E-state index contributed by atoms with van der Waals surface area (Å²) in [6, 6.07) is 6.85. The molecule has 3 nitrogen and oxygen atoms in total. The minimum absolute atomic E-state index is 0.377. The molecule has 0 aliphatic carbocycles. The van der Waals surface area contributed by atoms with E-state index >= 15 is 0 Å². The number of phenols is 1. The highest BCUT2D eigenvalue weighted by molar-refractivity contribution is 5.35. The fourth-order valence-corrected chi connectivity index (χ4v) is 2.40. The summed E-state index contributed by atoms with van der Waals surface area (Å²) in [6.45, 7) is 13.6. The zero-order valence-electron chi connectivity index (χ0n) is 12.9. The molecule has 0 unspecified atom stereocenters. The molecule has 1 aromatic rings. The van der Waals surface area contributed by atoms with Gasteiger partial charge in [0.15, 0.2) is 0 Å². The third-order valence-electron chi connectivity index (χ3n) is 3.42. The highest BCUT2D eigenvalue weighted by atomic mass is 16.3. The van der Waals surface area contributed by atoms with Gasteiger partial charge >= 0.3 is 0 Å². The van der Waals surface area contributed by atoms with Crippen LogP contribution in [0.2, 0.25) is 0 Å². The van der Waals surface area contributed by atoms with Gasteiger partial charge in [-0.05, 0) is 40.7 Å². The van der Waals surface area contributed by atoms with Gasteiger partial charge in [-0.3, -0.25) is 4.90 Å². The Morgan fingerprint density at radius 1 is 1.16 bits per heavy atom. The molecule has 2 N–H and O–H groups in total. The van der Waals surface area contributed by atoms with Gasteiger partial charge < -0.3 is 10.4 Å². The highest BCUT2D eigenvalue weighted by Crippen LogP contribution is 2.17. The molecular weight excluding hydrogens is 236 g/mol. The Morgan fingerprint density at radius 2 is 1.79 bits per heavy atom. The van der Waals surface area contributed by atoms with Crippen molar-refractivity contribution in [2.24, 2.45) is 0 Å². The van der Waals surface area contributed by atoms with E-state index < -0.39 is 0 Å². The smallest absolute Gasteiger partial charge is 0.120 e. The first kappa shape index (κ1) is 16.0. The number of aryl methyl sites for hydroxylation is 1. The average molecular weight is 264 g/mol. The predicted octanol–water partition coefficient (Wildman–Crippen LogP) is 2.91. The summed E-state index contributed by atoms with van der Waals surface area (Å²) < 4.78 is 0. The molecule has 1 rings (SSSR count). The van der Waals surface area contributed by atoms with Crippen LogP contribution in [-0.4, -0.2) is 35.2 Å². The Labute approximate surface area is 117 Å². The molecule has 1 aromatic carbocycles. The molecule has 0 amide bonds. The summed E-state index contributed by atoms with van der Waals surface area (Å²) in [5.74, 6) is 0.377. The second-order valence-electron chi connectivity index (χ2n) is 5.73. The van der Waals surface area contributed by atoms with E-state index in [0.29, 0.717) is 17.8 Å². The van der Waals surface area contributed by atoms with Crippen LogP contribution < -0.4 is 5.32 Å². The molecule has 3 heteroatoms. The van der Waals surface area contributed by atoms with E-state index in [4.69, 9.17) is 0 Å². The van der Waals surface area contributed by atoms with Gasteiger partial charge in [0.05, 0.1) is 0 Å². The number of rotatable bonds is 7. The Balaban J connectivity index is 2.40. The number of phenolic OH excluding ortho intramolecular Hbond substituents is 1. The Morgan fingerprint density at radius 3 is 2.37 bits per heavy atom. The Hall–Kier alpha value is -1.06. The maximum atomic E-state index is 9.77. The summed E-state index contributed by atoms with van der Waals surface area (Å²) in [7, 11) is 0. The number of aromatic hydroxyl groups is 1. The van der Waals surface area contributed by atoms with Crippen LogP contribution in [0.1, 0.15) is 38.8 Å². The van der Waals surface area contributed by atoms with Gasteiger partial charge in [-0.1, -0.05) is 17.7 Å². The van der Waals surface area contributed by atoms with Gasteiger partial charge in [-0.25, -0.2) is 0 Å². The lowest BCUT2D eigenvalue weighted by Crippen LogP contribution is -2.41. The summed E-state index contributed by atoms with van der Waals surface area (Å²) >= 11 is 0. The number of benzene rings is 1. The third kappa shape index (κ3) is 5.21. The first-order valence-corrected chi connectivity index (χ1v) is 7.16.